The van der Waals surface area contributed by atoms with Gasteiger partial charge in [0.1, 0.15) is 5.75 Å². The third-order valence-electron chi connectivity index (χ3n) is 4.77. The molecule has 0 fully saturated rings. The third-order valence-corrected chi connectivity index (χ3v) is 4.77. The van der Waals surface area contributed by atoms with Crippen LogP contribution in [-0.2, 0) is 11.3 Å². The van der Waals surface area contributed by atoms with Gasteiger partial charge in [-0.3, -0.25) is 4.79 Å². The zero-order chi connectivity index (χ0) is 21.3. The average Bonchev–Trinajstić information content (AvgIpc) is 2.79. The maximum absolute atomic E-state index is 12.2. The van der Waals surface area contributed by atoms with Crippen LogP contribution in [0.2, 0.25) is 0 Å². The van der Waals surface area contributed by atoms with Gasteiger partial charge in [-0.2, -0.15) is 0 Å². The summed E-state index contributed by atoms with van der Waals surface area (Å²) in [5, 5.41) is 5.13. The number of methoxy groups -OCH3 is 3. The molecule has 0 radical (unpaired) electrons. The van der Waals surface area contributed by atoms with Crippen LogP contribution in [0.5, 0.6) is 23.0 Å². The monoisotopic (exact) mass is 409 g/mol. The first-order valence-corrected chi connectivity index (χ1v) is 9.82. The van der Waals surface area contributed by atoms with Gasteiger partial charge in [-0.05, 0) is 35.6 Å². The van der Waals surface area contributed by atoms with Crippen molar-refractivity contribution in [3.8, 4) is 23.0 Å². The molecule has 1 amide bonds. The maximum Gasteiger partial charge on any atom is 0.220 e. The topological polar surface area (TPSA) is 66.0 Å². The molecule has 0 spiro atoms. The molecule has 0 saturated heterocycles. The predicted molar refractivity (Wildman–Crippen MR) is 117 cm³/mol. The highest BCUT2D eigenvalue weighted by molar-refractivity contribution is 5.88. The largest absolute Gasteiger partial charge is 0.493 e. The summed E-state index contributed by atoms with van der Waals surface area (Å²) >= 11 is 0. The SMILES string of the molecule is COc1cc(CNC(=O)CCCOc2cccc3ccccc23)cc(OC)c1OC. The van der Waals surface area contributed by atoms with Gasteiger partial charge in [-0.25, -0.2) is 0 Å². The van der Waals surface area contributed by atoms with Crippen LogP contribution >= 0.6 is 0 Å². The molecule has 0 unspecified atom stereocenters. The lowest BCUT2D eigenvalue weighted by Gasteiger charge is -2.14. The van der Waals surface area contributed by atoms with Gasteiger partial charge in [0, 0.05) is 18.4 Å². The second-order valence-electron chi connectivity index (χ2n) is 6.74. The fourth-order valence-corrected chi connectivity index (χ4v) is 3.26. The Bertz CT molecular complexity index is 972. The van der Waals surface area contributed by atoms with Gasteiger partial charge in [0.15, 0.2) is 11.5 Å². The van der Waals surface area contributed by atoms with E-state index < -0.39 is 0 Å². The fraction of sp³-hybridized carbons (Fsp3) is 0.292. The predicted octanol–water partition coefficient (Wildman–Crippen LogP) is 4.34. The summed E-state index contributed by atoms with van der Waals surface area (Å²) in [7, 11) is 4.69. The molecule has 0 saturated carbocycles. The number of nitrogens with one attached hydrogen (secondary N) is 1. The molecule has 1 N–H and O–H groups in total. The quantitative estimate of drug-likeness (QED) is 0.505. The van der Waals surface area contributed by atoms with Crippen molar-refractivity contribution in [1.29, 1.82) is 0 Å². The Kier molecular flexibility index (Phi) is 7.38. The summed E-state index contributed by atoms with van der Waals surface area (Å²) in [6.45, 7) is 0.853. The first kappa shape index (κ1) is 21.3. The van der Waals surface area contributed by atoms with Crippen LogP contribution in [0.4, 0.5) is 0 Å². The zero-order valence-electron chi connectivity index (χ0n) is 17.6. The third kappa shape index (κ3) is 5.14. The van der Waals surface area contributed by atoms with Crippen molar-refractivity contribution < 1.29 is 23.7 Å². The number of carbonyl (C=O) groups is 1. The molecule has 0 aliphatic heterocycles. The molecule has 3 rings (SSSR count). The Hall–Kier alpha value is -3.41. The van der Waals surface area contributed by atoms with Crippen LogP contribution in [0, 0.1) is 0 Å². The van der Waals surface area contributed by atoms with E-state index in [1.807, 2.05) is 42.5 Å². The van der Waals surface area contributed by atoms with Crippen molar-refractivity contribution in [3.63, 3.8) is 0 Å². The minimum absolute atomic E-state index is 0.0368. The normalized spacial score (nSPS) is 10.5. The van der Waals surface area contributed by atoms with E-state index >= 15 is 0 Å². The number of benzene rings is 3. The van der Waals surface area contributed by atoms with Crippen molar-refractivity contribution in [2.75, 3.05) is 27.9 Å². The fourth-order valence-electron chi connectivity index (χ4n) is 3.26. The second kappa shape index (κ2) is 10.4. The number of fused-ring (bicyclic) bond motifs is 1. The number of carbonyl (C=O) groups excluding carboxylic acids is 1. The van der Waals surface area contributed by atoms with Gasteiger partial charge < -0.3 is 24.3 Å². The first-order chi connectivity index (χ1) is 14.7. The molecule has 3 aromatic rings. The van der Waals surface area contributed by atoms with Gasteiger partial charge in [0.2, 0.25) is 11.7 Å². The lowest BCUT2D eigenvalue weighted by molar-refractivity contribution is -0.121. The van der Waals surface area contributed by atoms with Crippen molar-refractivity contribution >= 4 is 16.7 Å². The molecule has 0 aromatic heterocycles. The Labute approximate surface area is 176 Å². The van der Waals surface area contributed by atoms with Gasteiger partial charge in [0.25, 0.3) is 0 Å². The molecule has 3 aromatic carbocycles. The van der Waals surface area contributed by atoms with E-state index in [4.69, 9.17) is 18.9 Å². The van der Waals surface area contributed by atoms with Crippen molar-refractivity contribution in [1.82, 2.24) is 5.32 Å². The molecule has 0 aliphatic rings. The highest BCUT2D eigenvalue weighted by Gasteiger charge is 2.13. The standard InChI is InChI=1S/C24H27NO5/c1-27-21-14-17(15-22(28-2)24(21)29-3)16-25-23(26)12-7-13-30-20-11-6-9-18-8-4-5-10-19(18)20/h4-6,8-11,14-15H,7,12-13,16H2,1-3H3,(H,25,26). The van der Waals surface area contributed by atoms with Crippen molar-refractivity contribution in [3.05, 3.63) is 60.2 Å². The number of amides is 1. The molecule has 30 heavy (non-hydrogen) atoms. The van der Waals surface area contributed by atoms with Crippen LogP contribution in [0.15, 0.2) is 54.6 Å². The van der Waals surface area contributed by atoms with Crippen LogP contribution < -0.4 is 24.3 Å². The van der Waals surface area contributed by atoms with Crippen molar-refractivity contribution in [2.24, 2.45) is 0 Å². The second-order valence-corrected chi connectivity index (χ2v) is 6.74. The Morgan fingerprint density at radius 2 is 1.57 bits per heavy atom. The highest BCUT2D eigenvalue weighted by Crippen LogP contribution is 2.38. The molecule has 0 aliphatic carbocycles. The molecule has 0 heterocycles. The summed E-state index contributed by atoms with van der Waals surface area (Å²) in [5.74, 6) is 2.45. The Morgan fingerprint density at radius 3 is 2.27 bits per heavy atom. The van der Waals surface area contributed by atoms with Gasteiger partial charge in [-0.15, -0.1) is 0 Å². The Balaban J connectivity index is 1.48. The molecule has 0 atom stereocenters. The lowest BCUT2D eigenvalue weighted by atomic mass is 10.1. The Morgan fingerprint density at radius 1 is 0.867 bits per heavy atom. The lowest BCUT2D eigenvalue weighted by Crippen LogP contribution is -2.23. The summed E-state index contributed by atoms with van der Waals surface area (Å²) in [6, 6.07) is 17.7. The molecule has 6 heteroatoms. The highest BCUT2D eigenvalue weighted by atomic mass is 16.5. The summed E-state index contributed by atoms with van der Waals surface area (Å²) < 4.78 is 21.9. The van der Waals surface area contributed by atoms with E-state index in [0.717, 1.165) is 22.1 Å². The van der Waals surface area contributed by atoms with Crippen LogP contribution in [0.3, 0.4) is 0 Å². The molecular formula is C24H27NO5. The number of ether oxygens (including phenoxy) is 4. The summed E-state index contributed by atoms with van der Waals surface area (Å²) in [4.78, 5) is 12.2. The van der Waals surface area contributed by atoms with E-state index in [1.165, 1.54) is 0 Å². The molecule has 0 bridgehead atoms. The maximum atomic E-state index is 12.2. The summed E-state index contributed by atoms with van der Waals surface area (Å²) in [5.41, 5.74) is 0.866. The van der Waals surface area contributed by atoms with E-state index in [9.17, 15) is 4.79 Å². The zero-order valence-corrected chi connectivity index (χ0v) is 17.6. The number of hydrogen-bond donors (Lipinski definition) is 1. The van der Waals surface area contributed by atoms with Gasteiger partial charge in [0.05, 0.1) is 27.9 Å². The first-order valence-electron chi connectivity index (χ1n) is 9.82. The van der Waals surface area contributed by atoms with Gasteiger partial charge in [-0.1, -0.05) is 36.4 Å². The minimum atomic E-state index is -0.0368. The average molecular weight is 409 g/mol. The van der Waals surface area contributed by atoms with E-state index in [2.05, 4.69) is 17.4 Å². The number of rotatable bonds is 10. The summed E-state index contributed by atoms with van der Waals surface area (Å²) in [6.07, 6.45) is 1.01. The van der Waals surface area contributed by atoms with Crippen LogP contribution in [0.1, 0.15) is 18.4 Å². The van der Waals surface area contributed by atoms with Crippen LogP contribution in [-0.4, -0.2) is 33.8 Å². The molecule has 6 nitrogen and oxygen atoms in total. The van der Waals surface area contributed by atoms with Crippen LogP contribution in [0.25, 0.3) is 10.8 Å². The van der Waals surface area contributed by atoms with Gasteiger partial charge >= 0.3 is 0 Å². The van der Waals surface area contributed by atoms with E-state index in [-0.39, 0.29) is 5.91 Å². The van der Waals surface area contributed by atoms with E-state index in [1.54, 1.807) is 21.3 Å². The number of hydrogen-bond acceptors (Lipinski definition) is 5. The van der Waals surface area contributed by atoms with E-state index in [0.29, 0.717) is 43.2 Å². The molecule has 158 valence electrons. The minimum Gasteiger partial charge on any atom is -0.493 e. The van der Waals surface area contributed by atoms with Crippen molar-refractivity contribution in [2.45, 2.75) is 19.4 Å². The molecular weight excluding hydrogens is 382 g/mol. The smallest absolute Gasteiger partial charge is 0.220 e.